The van der Waals surface area contributed by atoms with Crippen LogP contribution in [0, 0.1) is 0 Å². The summed E-state index contributed by atoms with van der Waals surface area (Å²) in [5, 5.41) is 0. The lowest BCUT2D eigenvalue weighted by Gasteiger charge is -2.25. The first-order valence-electron chi connectivity index (χ1n) is 7.51. The van der Waals surface area contributed by atoms with Gasteiger partial charge in [0.1, 0.15) is 0 Å². The van der Waals surface area contributed by atoms with Gasteiger partial charge in [-0.3, -0.25) is 4.90 Å². The molecule has 0 amide bonds. The molecule has 4 nitrogen and oxygen atoms in total. The molecular formula is C16H23NO3. The number of methoxy groups -OCH3 is 1. The van der Waals surface area contributed by atoms with Crippen molar-refractivity contribution in [1.29, 1.82) is 0 Å². The molecule has 3 rings (SSSR count). The van der Waals surface area contributed by atoms with Crippen LogP contribution in [0.2, 0.25) is 0 Å². The van der Waals surface area contributed by atoms with Crippen LogP contribution in [0.3, 0.4) is 0 Å². The zero-order valence-electron chi connectivity index (χ0n) is 12.1. The van der Waals surface area contributed by atoms with Crippen molar-refractivity contribution >= 4 is 0 Å². The van der Waals surface area contributed by atoms with Gasteiger partial charge in [0.25, 0.3) is 0 Å². The molecule has 1 aromatic rings. The van der Waals surface area contributed by atoms with E-state index in [4.69, 9.17) is 14.2 Å². The summed E-state index contributed by atoms with van der Waals surface area (Å²) in [7, 11) is 1.76. The third-order valence-electron chi connectivity index (χ3n) is 4.10. The smallest absolute Gasteiger partial charge is 0.161 e. The number of likely N-dealkylation sites (tertiary alicyclic amines) is 1. The van der Waals surface area contributed by atoms with Gasteiger partial charge in [0.15, 0.2) is 11.5 Å². The Bertz CT molecular complexity index is 449. The fourth-order valence-electron chi connectivity index (χ4n) is 3.07. The average molecular weight is 277 g/mol. The Labute approximate surface area is 120 Å². The Morgan fingerprint density at radius 1 is 1.20 bits per heavy atom. The molecular weight excluding hydrogens is 254 g/mol. The SMILES string of the molecule is COCCN1CCC[C@@H]1c1ccc2c(c1)OCCCO2. The van der Waals surface area contributed by atoms with Gasteiger partial charge in [0.05, 0.1) is 19.8 Å². The molecule has 1 atom stereocenters. The Morgan fingerprint density at radius 2 is 2.05 bits per heavy atom. The predicted molar refractivity (Wildman–Crippen MR) is 77.5 cm³/mol. The minimum Gasteiger partial charge on any atom is -0.490 e. The first-order valence-corrected chi connectivity index (χ1v) is 7.51. The van der Waals surface area contributed by atoms with E-state index in [1.807, 2.05) is 0 Å². The molecule has 2 heterocycles. The third kappa shape index (κ3) is 2.91. The lowest BCUT2D eigenvalue weighted by Crippen LogP contribution is -2.27. The summed E-state index contributed by atoms with van der Waals surface area (Å²) in [4.78, 5) is 2.50. The molecule has 0 radical (unpaired) electrons. The first-order chi connectivity index (χ1) is 9.88. The number of benzene rings is 1. The second kappa shape index (κ2) is 6.46. The van der Waals surface area contributed by atoms with E-state index in [-0.39, 0.29) is 0 Å². The normalized spacial score (nSPS) is 22.8. The van der Waals surface area contributed by atoms with E-state index >= 15 is 0 Å². The van der Waals surface area contributed by atoms with E-state index in [0.717, 1.165) is 50.8 Å². The molecule has 0 aromatic heterocycles. The second-order valence-corrected chi connectivity index (χ2v) is 5.44. The van der Waals surface area contributed by atoms with E-state index in [1.165, 1.54) is 18.4 Å². The van der Waals surface area contributed by atoms with Gasteiger partial charge in [0.2, 0.25) is 0 Å². The van der Waals surface area contributed by atoms with Gasteiger partial charge in [-0.1, -0.05) is 6.07 Å². The van der Waals surface area contributed by atoms with Crippen LogP contribution in [0.25, 0.3) is 0 Å². The van der Waals surface area contributed by atoms with Gasteiger partial charge in [0, 0.05) is 26.1 Å². The number of fused-ring (bicyclic) bond motifs is 1. The maximum absolute atomic E-state index is 5.80. The molecule has 0 bridgehead atoms. The van der Waals surface area contributed by atoms with Crippen LogP contribution in [0.4, 0.5) is 0 Å². The van der Waals surface area contributed by atoms with Crippen molar-refractivity contribution in [1.82, 2.24) is 4.90 Å². The van der Waals surface area contributed by atoms with Crippen molar-refractivity contribution in [3.8, 4) is 11.5 Å². The summed E-state index contributed by atoms with van der Waals surface area (Å²) < 4.78 is 16.7. The van der Waals surface area contributed by atoms with Crippen LogP contribution >= 0.6 is 0 Å². The molecule has 1 saturated heterocycles. The van der Waals surface area contributed by atoms with Gasteiger partial charge in [-0.05, 0) is 37.1 Å². The molecule has 2 aliphatic heterocycles. The fraction of sp³-hybridized carbons (Fsp3) is 0.625. The van der Waals surface area contributed by atoms with Crippen LogP contribution in [0.5, 0.6) is 11.5 Å². The number of rotatable bonds is 4. The van der Waals surface area contributed by atoms with Gasteiger partial charge >= 0.3 is 0 Å². The lowest BCUT2D eigenvalue weighted by atomic mass is 10.0. The summed E-state index contributed by atoms with van der Waals surface area (Å²) in [5.74, 6) is 1.78. The van der Waals surface area contributed by atoms with Crippen molar-refractivity contribution in [2.75, 3.05) is 40.0 Å². The summed E-state index contributed by atoms with van der Waals surface area (Å²) in [6, 6.07) is 6.89. The van der Waals surface area contributed by atoms with E-state index in [2.05, 4.69) is 23.1 Å². The molecule has 0 spiro atoms. The largest absolute Gasteiger partial charge is 0.490 e. The van der Waals surface area contributed by atoms with E-state index < -0.39 is 0 Å². The standard InChI is InChI=1S/C16H23NO3/c1-18-11-8-17-7-2-4-14(17)13-5-6-15-16(12-13)20-10-3-9-19-15/h5-6,12,14H,2-4,7-11H2,1H3/t14-/m1/s1. The zero-order valence-corrected chi connectivity index (χ0v) is 12.1. The molecule has 2 aliphatic rings. The molecule has 110 valence electrons. The highest BCUT2D eigenvalue weighted by Gasteiger charge is 2.26. The minimum absolute atomic E-state index is 0.488. The number of hydrogen-bond acceptors (Lipinski definition) is 4. The summed E-state index contributed by atoms with van der Waals surface area (Å²) in [6.45, 7) is 4.43. The molecule has 4 heteroatoms. The highest BCUT2D eigenvalue weighted by Crippen LogP contribution is 2.37. The summed E-state index contributed by atoms with van der Waals surface area (Å²) in [5.41, 5.74) is 1.34. The van der Waals surface area contributed by atoms with Crippen LogP contribution < -0.4 is 9.47 Å². The molecule has 20 heavy (non-hydrogen) atoms. The van der Waals surface area contributed by atoms with E-state index in [0.29, 0.717) is 6.04 Å². The highest BCUT2D eigenvalue weighted by atomic mass is 16.5. The van der Waals surface area contributed by atoms with Crippen molar-refractivity contribution in [3.63, 3.8) is 0 Å². The third-order valence-corrected chi connectivity index (χ3v) is 4.10. The zero-order chi connectivity index (χ0) is 13.8. The van der Waals surface area contributed by atoms with E-state index in [1.54, 1.807) is 7.11 Å². The molecule has 0 aliphatic carbocycles. The van der Waals surface area contributed by atoms with Crippen LogP contribution in [0.15, 0.2) is 18.2 Å². The Hall–Kier alpha value is -1.26. The number of ether oxygens (including phenoxy) is 3. The average Bonchev–Trinajstić information content (AvgIpc) is 2.81. The van der Waals surface area contributed by atoms with Crippen LogP contribution in [0.1, 0.15) is 30.9 Å². The van der Waals surface area contributed by atoms with Crippen LogP contribution in [-0.2, 0) is 4.74 Å². The maximum atomic E-state index is 5.80. The minimum atomic E-state index is 0.488. The quantitative estimate of drug-likeness (QED) is 0.846. The van der Waals surface area contributed by atoms with E-state index in [9.17, 15) is 0 Å². The molecule has 1 fully saturated rings. The lowest BCUT2D eigenvalue weighted by molar-refractivity contribution is 0.141. The molecule has 0 unspecified atom stereocenters. The predicted octanol–water partition coefficient (Wildman–Crippen LogP) is 2.63. The Kier molecular flexibility index (Phi) is 4.43. The molecule has 0 saturated carbocycles. The van der Waals surface area contributed by atoms with Crippen molar-refractivity contribution in [3.05, 3.63) is 23.8 Å². The maximum Gasteiger partial charge on any atom is 0.161 e. The van der Waals surface area contributed by atoms with Gasteiger partial charge in [-0.15, -0.1) is 0 Å². The first kappa shape index (κ1) is 13.7. The monoisotopic (exact) mass is 277 g/mol. The Balaban J connectivity index is 1.77. The van der Waals surface area contributed by atoms with Crippen molar-refractivity contribution < 1.29 is 14.2 Å². The summed E-state index contributed by atoms with van der Waals surface area (Å²) >= 11 is 0. The summed E-state index contributed by atoms with van der Waals surface area (Å²) in [6.07, 6.45) is 3.42. The highest BCUT2D eigenvalue weighted by molar-refractivity contribution is 5.44. The number of nitrogens with zero attached hydrogens (tertiary/aromatic N) is 1. The Morgan fingerprint density at radius 3 is 2.90 bits per heavy atom. The van der Waals surface area contributed by atoms with Gasteiger partial charge in [-0.25, -0.2) is 0 Å². The fourth-order valence-corrected chi connectivity index (χ4v) is 3.07. The number of hydrogen-bond donors (Lipinski definition) is 0. The van der Waals surface area contributed by atoms with Crippen LogP contribution in [-0.4, -0.2) is 44.9 Å². The van der Waals surface area contributed by atoms with Crippen molar-refractivity contribution in [2.45, 2.75) is 25.3 Å². The van der Waals surface area contributed by atoms with Gasteiger partial charge < -0.3 is 14.2 Å². The van der Waals surface area contributed by atoms with Gasteiger partial charge in [-0.2, -0.15) is 0 Å². The molecule has 1 aromatic carbocycles. The second-order valence-electron chi connectivity index (χ2n) is 5.44. The topological polar surface area (TPSA) is 30.9 Å². The molecule has 0 N–H and O–H groups in total. The van der Waals surface area contributed by atoms with Crippen molar-refractivity contribution in [2.24, 2.45) is 0 Å².